The fourth-order valence-corrected chi connectivity index (χ4v) is 2.73. The van der Waals surface area contributed by atoms with Crippen LogP contribution in [0, 0.1) is 11.8 Å². The van der Waals surface area contributed by atoms with Crippen molar-refractivity contribution in [2.24, 2.45) is 11.8 Å². The Kier molecular flexibility index (Phi) is 5.88. The minimum atomic E-state index is -0.0944. The van der Waals surface area contributed by atoms with E-state index >= 15 is 0 Å². The molecule has 0 aromatic carbocycles. The van der Waals surface area contributed by atoms with Crippen LogP contribution in [0.4, 0.5) is 0 Å². The topological polar surface area (TPSA) is 20.2 Å². The second kappa shape index (κ2) is 6.68. The second-order valence-corrected chi connectivity index (χ2v) is 4.98. The van der Waals surface area contributed by atoms with Gasteiger partial charge in [0.1, 0.15) is 0 Å². The maximum atomic E-state index is 9.96. The second-order valence-electron chi connectivity index (χ2n) is 4.60. The lowest BCUT2D eigenvalue weighted by atomic mass is 9.77. The fourth-order valence-electron chi connectivity index (χ4n) is 2.57. The van der Waals surface area contributed by atoms with E-state index in [0.717, 1.165) is 18.8 Å². The number of aliphatic hydroxyl groups excluding tert-OH is 1. The molecular weight excluding hydrogens is 196 g/mol. The molecule has 0 aromatic rings. The first-order valence-corrected chi connectivity index (χ1v) is 6.55. The van der Waals surface area contributed by atoms with Crippen molar-refractivity contribution in [2.75, 3.05) is 5.88 Å². The summed E-state index contributed by atoms with van der Waals surface area (Å²) in [6.07, 6.45) is 8.17. The van der Waals surface area contributed by atoms with Gasteiger partial charge < -0.3 is 5.11 Å². The predicted molar refractivity (Wildman–Crippen MR) is 61.7 cm³/mol. The van der Waals surface area contributed by atoms with Crippen molar-refractivity contribution < 1.29 is 5.11 Å². The number of halogens is 1. The minimum Gasteiger partial charge on any atom is -0.393 e. The first-order chi connectivity index (χ1) is 6.77. The number of aliphatic hydroxyl groups is 1. The molecule has 0 amide bonds. The molecule has 14 heavy (non-hydrogen) atoms. The van der Waals surface area contributed by atoms with E-state index in [0.29, 0.717) is 11.8 Å². The van der Waals surface area contributed by atoms with Crippen LogP contribution in [0.25, 0.3) is 0 Å². The first kappa shape index (κ1) is 12.3. The quantitative estimate of drug-likeness (QED) is 0.700. The number of hydrogen-bond donors (Lipinski definition) is 1. The van der Waals surface area contributed by atoms with E-state index in [4.69, 9.17) is 11.6 Å². The first-order valence-electron chi connectivity index (χ1n) is 6.02. The van der Waals surface area contributed by atoms with E-state index in [9.17, 15) is 5.11 Å². The third-order valence-corrected chi connectivity index (χ3v) is 3.85. The summed E-state index contributed by atoms with van der Waals surface area (Å²) in [7, 11) is 0. The Morgan fingerprint density at radius 3 is 2.86 bits per heavy atom. The molecule has 0 saturated heterocycles. The average molecular weight is 219 g/mol. The summed E-state index contributed by atoms with van der Waals surface area (Å²) < 4.78 is 0. The monoisotopic (exact) mass is 218 g/mol. The van der Waals surface area contributed by atoms with Gasteiger partial charge >= 0.3 is 0 Å². The van der Waals surface area contributed by atoms with Crippen LogP contribution in [0.2, 0.25) is 0 Å². The summed E-state index contributed by atoms with van der Waals surface area (Å²) in [5.74, 6) is 2.09. The summed E-state index contributed by atoms with van der Waals surface area (Å²) in [5.41, 5.74) is 0. The van der Waals surface area contributed by atoms with Crippen molar-refractivity contribution in [3.8, 4) is 0 Å². The van der Waals surface area contributed by atoms with Crippen LogP contribution < -0.4 is 0 Å². The van der Waals surface area contributed by atoms with Gasteiger partial charge in [0.2, 0.25) is 0 Å². The average Bonchev–Trinajstić information content (AvgIpc) is 2.26. The van der Waals surface area contributed by atoms with E-state index < -0.39 is 0 Å². The zero-order valence-electron chi connectivity index (χ0n) is 9.21. The lowest BCUT2D eigenvalue weighted by molar-refractivity contribution is 0.0612. The smallest absolute Gasteiger partial charge is 0.0568 e. The molecule has 0 aliphatic heterocycles. The van der Waals surface area contributed by atoms with Gasteiger partial charge in [-0.25, -0.2) is 0 Å². The van der Waals surface area contributed by atoms with Gasteiger partial charge in [0.25, 0.3) is 0 Å². The van der Waals surface area contributed by atoms with Gasteiger partial charge in [-0.2, -0.15) is 0 Å². The van der Waals surface area contributed by atoms with Crippen molar-refractivity contribution >= 4 is 11.6 Å². The van der Waals surface area contributed by atoms with Gasteiger partial charge in [-0.05, 0) is 37.5 Å². The Bertz CT molecular complexity index is 149. The summed E-state index contributed by atoms with van der Waals surface area (Å²) in [6, 6.07) is 0. The SMILES string of the molecule is CCC1CCCC(C(O)CCCCl)C1. The van der Waals surface area contributed by atoms with Crippen LogP contribution in [0.5, 0.6) is 0 Å². The third kappa shape index (κ3) is 3.78. The Morgan fingerprint density at radius 2 is 2.21 bits per heavy atom. The molecule has 0 aromatic heterocycles. The maximum absolute atomic E-state index is 9.96. The molecule has 1 fully saturated rings. The molecule has 0 radical (unpaired) electrons. The van der Waals surface area contributed by atoms with Crippen LogP contribution in [0.3, 0.4) is 0 Å². The van der Waals surface area contributed by atoms with Crippen molar-refractivity contribution in [3.63, 3.8) is 0 Å². The summed E-state index contributed by atoms with van der Waals surface area (Å²) in [6.45, 7) is 2.26. The summed E-state index contributed by atoms with van der Waals surface area (Å²) >= 11 is 5.63. The highest BCUT2D eigenvalue weighted by Crippen LogP contribution is 2.33. The third-order valence-electron chi connectivity index (χ3n) is 3.58. The molecule has 1 aliphatic carbocycles. The van der Waals surface area contributed by atoms with Crippen molar-refractivity contribution in [3.05, 3.63) is 0 Å². The van der Waals surface area contributed by atoms with E-state index in [1.165, 1.54) is 32.1 Å². The van der Waals surface area contributed by atoms with Gasteiger partial charge in [0.15, 0.2) is 0 Å². The molecule has 84 valence electrons. The molecule has 1 saturated carbocycles. The Balaban J connectivity index is 2.27. The Hall–Kier alpha value is 0.250. The van der Waals surface area contributed by atoms with E-state index in [-0.39, 0.29) is 6.10 Å². The molecule has 3 unspecified atom stereocenters. The molecule has 1 nitrogen and oxygen atoms in total. The molecule has 0 bridgehead atoms. The van der Waals surface area contributed by atoms with Crippen LogP contribution >= 0.6 is 11.6 Å². The van der Waals surface area contributed by atoms with Gasteiger partial charge in [-0.15, -0.1) is 11.6 Å². The summed E-state index contributed by atoms with van der Waals surface area (Å²) in [5, 5.41) is 9.96. The van der Waals surface area contributed by atoms with Gasteiger partial charge in [0, 0.05) is 5.88 Å². The standard InChI is InChI=1S/C12H23ClO/c1-2-10-5-3-6-11(9-10)12(14)7-4-8-13/h10-12,14H,2-9H2,1H3. The summed E-state index contributed by atoms with van der Waals surface area (Å²) in [4.78, 5) is 0. The lowest BCUT2D eigenvalue weighted by Gasteiger charge is -2.31. The molecule has 1 aliphatic rings. The highest BCUT2D eigenvalue weighted by molar-refractivity contribution is 6.17. The van der Waals surface area contributed by atoms with E-state index in [2.05, 4.69) is 6.92 Å². The van der Waals surface area contributed by atoms with Crippen LogP contribution in [-0.4, -0.2) is 17.1 Å². The largest absolute Gasteiger partial charge is 0.393 e. The molecule has 0 spiro atoms. The molecule has 3 atom stereocenters. The van der Waals surface area contributed by atoms with Crippen molar-refractivity contribution in [2.45, 2.75) is 58.0 Å². The predicted octanol–water partition coefficient (Wildman–Crippen LogP) is 3.58. The van der Waals surface area contributed by atoms with Crippen LogP contribution in [0.1, 0.15) is 51.9 Å². The molecule has 1 rings (SSSR count). The highest BCUT2D eigenvalue weighted by Gasteiger charge is 2.25. The molecule has 0 heterocycles. The van der Waals surface area contributed by atoms with Gasteiger partial charge in [-0.1, -0.05) is 26.2 Å². The highest BCUT2D eigenvalue weighted by atomic mass is 35.5. The van der Waals surface area contributed by atoms with Crippen molar-refractivity contribution in [1.82, 2.24) is 0 Å². The molecular formula is C12H23ClO. The minimum absolute atomic E-state index is 0.0944. The Labute approximate surface area is 92.8 Å². The van der Waals surface area contributed by atoms with E-state index in [1.807, 2.05) is 0 Å². The maximum Gasteiger partial charge on any atom is 0.0568 e. The van der Waals surface area contributed by atoms with Gasteiger partial charge in [0.05, 0.1) is 6.10 Å². The normalized spacial score (nSPS) is 30.2. The Morgan fingerprint density at radius 1 is 1.43 bits per heavy atom. The number of rotatable bonds is 5. The fraction of sp³-hybridized carbons (Fsp3) is 1.00. The van der Waals surface area contributed by atoms with Crippen LogP contribution in [0.15, 0.2) is 0 Å². The number of hydrogen-bond acceptors (Lipinski definition) is 1. The molecule has 1 N–H and O–H groups in total. The lowest BCUT2D eigenvalue weighted by Crippen LogP contribution is -2.26. The zero-order valence-corrected chi connectivity index (χ0v) is 9.97. The van der Waals surface area contributed by atoms with Crippen LogP contribution in [-0.2, 0) is 0 Å². The van der Waals surface area contributed by atoms with E-state index in [1.54, 1.807) is 0 Å². The van der Waals surface area contributed by atoms with Gasteiger partial charge in [-0.3, -0.25) is 0 Å². The molecule has 2 heteroatoms. The number of alkyl halides is 1. The zero-order chi connectivity index (χ0) is 10.4. The van der Waals surface area contributed by atoms with Crippen molar-refractivity contribution in [1.29, 1.82) is 0 Å².